The molecular formula is C15H11NO3. The molecule has 0 atom stereocenters. The number of aromatic amines is 1. The minimum absolute atomic E-state index is 0.123. The summed E-state index contributed by atoms with van der Waals surface area (Å²) in [6.07, 6.45) is 0.625. The number of ether oxygens (including phenoxy) is 1. The summed E-state index contributed by atoms with van der Waals surface area (Å²) in [6, 6.07) is 14.6. The molecule has 1 aromatic heterocycles. The summed E-state index contributed by atoms with van der Waals surface area (Å²) < 4.78 is 5.68. The summed E-state index contributed by atoms with van der Waals surface area (Å²) in [5, 5.41) is 10.2. The first-order valence-corrected chi connectivity index (χ1v) is 5.80. The van der Waals surface area contributed by atoms with Crippen LogP contribution in [0.2, 0.25) is 0 Å². The Morgan fingerprint density at radius 3 is 2.58 bits per heavy atom. The molecule has 0 unspecified atom stereocenters. The van der Waals surface area contributed by atoms with Crippen LogP contribution in [0.25, 0.3) is 10.9 Å². The minimum atomic E-state index is -0.123. The molecule has 0 aliphatic carbocycles. The molecule has 4 heteroatoms. The quantitative estimate of drug-likeness (QED) is 0.702. The van der Waals surface area contributed by atoms with Crippen LogP contribution in [0.5, 0.6) is 17.4 Å². The molecule has 3 rings (SSSR count). The number of hydrogen-bond acceptors (Lipinski definition) is 3. The smallest absolute Gasteiger partial charge is 0.200 e. The maximum absolute atomic E-state index is 11.0. The van der Waals surface area contributed by atoms with E-state index in [1.807, 2.05) is 30.3 Å². The van der Waals surface area contributed by atoms with Gasteiger partial charge in [-0.1, -0.05) is 18.2 Å². The van der Waals surface area contributed by atoms with E-state index >= 15 is 0 Å². The molecule has 0 saturated heterocycles. The van der Waals surface area contributed by atoms with Gasteiger partial charge in [0.2, 0.25) is 0 Å². The van der Waals surface area contributed by atoms with Crippen molar-refractivity contribution in [2.24, 2.45) is 0 Å². The Bertz CT molecular complexity index is 732. The van der Waals surface area contributed by atoms with Gasteiger partial charge >= 0.3 is 0 Å². The molecule has 1 heterocycles. The Hall–Kier alpha value is -2.75. The predicted octanol–water partition coefficient (Wildman–Crippen LogP) is 3.48. The van der Waals surface area contributed by atoms with E-state index in [0.29, 0.717) is 28.7 Å². The van der Waals surface area contributed by atoms with E-state index in [9.17, 15) is 9.90 Å². The molecule has 0 radical (unpaired) electrons. The lowest BCUT2D eigenvalue weighted by Crippen LogP contribution is -1.84. The van der Waals surface area contributed by atoms with Gasteiger partial charge in [0.15, 0.2) is 12.2 Å². The van der Waals surface area contributed by atoms with Gasteiger partial charge in [0.05, 0.1) is 5.56 Å². The highest BCUT2D eigenvalue weighted by molar-refractivity contribution is 6.00. The second-order valence-electron chi connectivity index (χ2n) is 4.13. The number of carbonyl (C=O) groups excluding carboxylic acids is 1. The molecule has 2 aromatic carbocycles. The number of H-pyrrole nitrogens is 1. The van der Waals surface area contributed by atoms with Gasteiger partial charge in [-0.2, -0.15) is 0 Å². The maximum atomic E-state index is 11.0. The topological polar surface area (TPSA) is 62.3 Å². The van der Waals surface area contributed by atoms with Gasteiger partial charge in [-0.3, -0.25) is 4.79 Å². The summed E-state index contributed by atoms with van der Waals surface area (Å²) in [5.74, 6) is 1.21. The number of benzene rings is 2. The molecule has 0 aliphatic rings. The monoisotopic (exact) mass is 253 g/mol. The standard InChI is InChI=1S/C15H11NO3/c17-9-13-12-8-11(6-7-14(12)16-15(13)18)19-10-4-2-1-3-5-10/h1-9,16,18H. The van der Waals surface area contributed by atoms with Gasteiger partial charge in [-0.25, -0.2) is 0 Å². The molecule has 0 amide bonds. The van der Waals surface area contributed by atoms with Crippen LogP contribution in [0.1, 0.15) is 10.4 Å². The van der Waals surface area contributed by atoms with Gasteiger partial charge in [0.25, 0.3) is 0 Å². The first-order valence-electron chi connectivity index (χ1n) is 5.80. The fraction of sp³-hybridized carbons (Fsp3) is 0. The zero-order valence-electron chi connectivity index (χ0n) is 9.96. The largest absolute Gasteiger partial charge is 0.494 e. The lowest BCUT2D eigenvalue weighted by atomic mass is 10.2. The van der Waals surface area contributed by atoms with E-state index in [1.165, 1.54) is 0 Å². The summed E-state index contributed by atoms with van der Waals surface area (Å²) >= 11 is 0. The van der Waals surface area contributed by atoms with E-state index in [0.717, 1.165) is 0 Å². The number of carbonyl (C=O) groups is 1. The Morgan fingerprint density at radius 1 is 1.05 bits per heavy atom. The van der Waals surface area contributed by atoms with Crippen molar-refractivity contribution in [3.05, 3.63) is 54.1 Å². The summed E-state index contributed by atoms with van der Waals surface area (Å²) in [4.78, 5) is 13.7. The van der Waals surface area contributed by atoms with Crippen LogP contribution >= 0.6 is 0 Å². The fourth-order valence-corrected chi connectivity index (χ4v) is 1.99. The van der Waals surface area contributed by atoms with Crippen molar-refractivity contribution >= 4 is 17.2 Å². The van der Waals surface area contributed by atoms with Crippen LogP contribution in [0.3, 0.4) is 0 Å². The maximum Gasteiger partial charge on any atom is 0.200 e. The molecule has 0 saturated carbocycles. The first-order chi connectivity index (χ1) is 9.28. The Morgan fingerprint density at radius 2 is 1.84 bits per heavy atom. The van der Waals surface area contributed by atoms with Crippen molar-refractivity contribution in [1.82, 2.24) is 4.98 Å². The number of fused-ring (bicyclic) bond motifs is 1. The van der Waals surface area contributed by atoms with Crippen molar-refractivity contribution < 1.29 is 14.6 Å². The number of aromatic nitrogens is 1. The zero-order chi connectivity index (χ0) is 13.2. The second kappa shape index (κ2) is 4.49. The van der Waals surface area contributed by atoms with Crippen molar-refractivity contribution in [3.63, 3.8) is 0 Å². The van der Waals surface area contributed by atoms with Crippen LogP contribution in [0.15, 0.2) is 48.5 Å². The van der Waals surface area contributed by atoms with Crippen LogP contribution < -0.4 is 4.74 Å². The van der Waals surface area contributed by atoms with E-state index in [-0.39, 0.29) is 11.4 Å². The minimum Gasteiger partial charge on any atom is -0.494 e. The second-order valence-corrected chi connectivity index (χ2v) is 4.13. The van der Waals surface area contributed by atoms with Crippen LogP contribution in [-0.4, -0.2) is 16.4 Å². The molecule has 3 aromatic rings. The number of para-hydroxylation sites is 1. The summed E-state index contributed by atoms with van der Waals surface area (Å²) in [5.41, 5.74) is 0.938. The van der Waals surface area contributed by atoms with E-state index in [1.54, 1.807) is 18.2 Å². The number of hydrogen-bond donors (Lipinski definition) is 2. The molecule has 0 fully saturated rings. The summed E-state index contributed by atoms with van der Waals surface area (Å²) in [6.45, 7) is 0. The van der Waals surface area contributed by atoms with Gasteiger partial charge in [-0.05, 0) is 30.3 Å². The molecule has 0 bridgehead atoms. The molecular weight excluding hydrogens is 242 g/mol. The molecule has 0 aliphatic heterocycles. The number of aldehydes is 1. The zero-order valence-corrected chi connectivity index (χ0v) is 9.96. The van der Waals surface area contributed by atoms with Crippen LogP contribution in [0, 0.1) is 0 Å². The Kier molecular flexibility index (Phi) is 2.68. The fourth-order valence-electron chi connectivity index (χ4n) is 1.99. The predicted molar refractivity (Wildman–Crippen MR) is 71.9 cm³/mol. The number of nitrogens with one attached hydrogen (secondary N) is 1. The third-order valence-electron chi connectivity index (χ3n) is 2.89. The Labute approximate surface area is 109 Å². The average molecular weight is 253 g/mol. The van der Waals surface area contributed by atoms with Crippen molar-refractivity contribution in [2.45, 2.75) is 0 Å². The molecule has 4 nitrogen and oxygen atoms in total. The third-order valence-corrected chi connectivity index (χ3v) is 2.89. The van der Waals surface area contributed by atoms with Gasteiger partial charge in [0, 0.05) is 10.9 Å². The number of rotatable bonds is 3. The molecule has 94 valence electrons. The highest BCUT2D eigenvalue weighted by atomic mass is 16.5. The van der Waals surface area contributed by atoms with Gasteiger partial charge < -0.3 is 14.8 Å². The lowest BCUT2D eigenvalue weighted by molar-refractivity contribution is 0.112. The number of aromatic hydroxyl groups is 1. The summed E-state index contributed by atoms with van der Waals surface area (Å²) in [7, 11) is 0. The molecule has 0 spiro atoms. The van der Waals surface area contributed by atoms with Crippen molar-refractivity contribution in [3.8, 4) is 17.4 Å². The normalized spacial score (nSPS) is 10.5. The van der Waals surface area contributed by atoms with E-state index in [2.05, 4.69) is 4.98 Å². The third kappa shape index (κ3) is 2.04. The van der Waals surface area contributed by atoms with Crippen LogP contribution in [0.4, 0.5) is 0 Å². The van der Waals surface area contributed by atoms with Gasteiger partial charge in [-0.15, -0.1) is 0 Å². The van der Waals surface area contributed by atoms with Crippen LogP contribution in [-0.2, 0) is 0 Å². The lowest BCUT2D eigenvalue weighted by Gasteiger charge is -2.05. The average Bonchev–Trinajstić information content (AvgIpc) is 2.74. The van der Waals surface area contributed by atoms with E-state index in [4.69, 9.17) is 4.74 Å². The SMILES string of the molecule is O=Cc1c(O)[nH]c2ccc(Oc3ccccc3)cc12. The first kappa shape index (κ1) is 11.3. The Balaban J connectivity index is 2.04. The van der Waals surface area contributed by atoms with E-state index < -0.39 is 0 Å². The van der Waals surface area contributed by atoms with Crippen molar-refractivity contribution in [1.29, 1.82) is 0 Å². The highest BCUT2D eigenvalue weighted by Gasteiger charge is 2.10. The van der Waals surface area contributed by atoms with Gasteiger partial charge in [0.1, 0.15) is 11.5 Å². The van der Waals surface area contributed by atoms with Crippen molar-refractivity contribution in [2.75, 3.05) is 0 Å². The molecule has 19 heavy (non-hydrogen) atoms. The highest BCUT2D eigenvalue weighted by Crippen LogP contribution is 2.30. The molecule has 2 N–H and O–H groups in total.